The SMILES string of the molecule is COc1ccc(OC)c(C2=NC=CS2=O)c1. The van der Waals surface area contributed by atoms with Crippen molar-refractivity contribution < 1.29 is 13.7 Å². The first-order chi connectivity index (χ1) is 7.76. The van der Waals surface area contributed by atoms with Gasteiger partial charge in [0.05, 0.1) is 30.6 Å². The number of hydrogen-bond donors (Lipinski definition) is 0. The van der Waals surface area contributed by atoms with Crippen LogP contribution in [0.4, 0.5) is 0 Å². The van der Waals surface area contributed by atoms with E-state index < -0.39 is 10.8 Å². The highest BCUT2D eigenvalue weighted by Crippen LogP contribution is 2.27. The van der Waals surface area contributed by atoms with Crippen LogP contribution in [-0.2, 0) is 10.8 Å². The van der Waals surface area contributed by atoms with E-state index in [0.29, 0.717) is 22.1 Å². The van der Waals surface area contributed by atoms with Crippen LogP contribution < -0.4 is 9.47 Å². The molecule has 1 aromatic carbocycles. The van der Waals surface area contributed by atoms with Gasteiger partial charge in [-0.25, -0.2) is 9.20 Å². The summed E-state index contributed by atoms with van der Waals surface area (Å²) in [5, 5.41) is 2.03. The van der Waals surface area contributed by atoms with Crippen molar-refractivity contribution in [2.75, 3.05) is 14.2 Å². The summed E-state index contributed by atoms with van der Waals surface area (Å²) in [6, 6.07) is 5.32. The molecule has 0 bridgehead atoms. The number of nitrogens with zero attached hydrogens (tertiary/aromatic N) is 1. The molecule has 1 aromatic rings. The molecule has 2 rings (SSSR count). The van der Waals surface area contributed by atoms with Crippen molar-refractivity contribution in [2.24, 2.45) is 4.99 Å². The first-order valence-electron chi connectivity index (χ1n) is 4.63. The topological polar surface area (TPSA) is 47.9 Å². The van der Waals surface area contributed by atoms with Crippen LogP contribution in [0.2, 0.25) is 0 Å². The zero-order valence-electron chi connectivity index (χ0n) is 8.97. The first kappa shape index (κ1) is 10.9. The highest BCUT2D eigenvalue weighted by Gasteiger charge is 2.18. The molecule has 0 amide bonds. The molecule has 1 atom stereocenters. The smallest absolute Gasteiger partial charge is 0.142 e. The zero-order chi connectivity index (χ0) is 11.5. The Balaban J connectivity index is 2.49. The summed E-state index contributed by atoms with van der Waals surface area (Å²) < 4.78 is 22.0. The fourth-order valence-electron chi connectivity index (χ4n) is 1.43. The fraction of sp³-hybridized carbons (Fsp3) is 0.182. The minimum Gasteiger partial charge on any atom is -0.497 e. The van der Waals surface area contributed by atoms with E-state index in [1.54, 1.807) is 32.4 Å². The molecule has 0 saturated carbocycles. The van der Waals surface area contributed by atoms with Crippen molar-refractivity contribution >= 4 is 15.8 Å². The zero-order valence-corrected chi connectivity index (χ0v) is 9.78. The lowest BCUT2D eigenvalue weighted by Gasteiger charge is -2.09. The summed E-state index contributed by atoms with van der Waals surface area (Å²) in [7, 11) is 1.95. The molecule has 1 aliphatic rings. The van der Waals surface area contributed by atoms with Crippen LogP contribution in [0, 0.1) is 0 Å². The third-order valence-corrected chi connectivity index (χ3v) is 3.28. The molecule has 1 unspecified atom stereocenters. The van der Waals surface area contributed by atoms with E-state index in [4.69, 9.17) is 9.47 Å². The molecule has 1 aliphatic heterocycles. The van der Waals surface area contributed by atoms with Crippen LogP contribution in [0.3, 0.4) is 0 Å². The predicted molar refractivity (Wildman–Crippen MR) is 63.4 cm³/mol. The highest BCUT2D eigenvalue weighted by atomic mass is 32.2. The maximum atomic E-state index is 11.6. The van der Waals surface area contributed by atoms with E-state index in [1.165, 1.54) is 11.6 Å². The average Bonchev–Trinajstić information content (AvgIpc) is 2.74. The number of aliphatic imine (C=N–C) groups is 1. The Kier molecular flexibility index (Phi) is 3.05. The van der Waals surface area contributed by atoms with Gasteiger partial charge in [0.25, 0.3) is 0 Å². The van der Waals surface area contributed by atoms with Gasteiger partial charge < -0.3 is 9.47 Å². The molecule has 84 valence electrons. The van der Waals surface area contributed by atoms with Gasteiger partial charge in [0, 0.05) is 11.6 Å². The van der Waals surface area contributed by atoms with Gasteiger partial charge >= 0.3 is 0 Å². The van der Waals surface area contributed by atoms with Crippen LogP contribution in [0.15, 0.2) is 34.8 Å². The molecule has 0 aliphatic carbocycles. The fourth-order valence-corrected chi connectivity index (χ4v) is 2.27. The molecule has 4 nitrogen and oxygen atoms in total. The summed E-state index contributed by atoms with van der Waals surface area (Å²) in [6.07, 6.45) is 1.53. The minimum atomic E-state index is -1.20. The minimum absolute atomic E-state index is 0.496. The normalized spacial score (nSPS) is 18.4. The largest absolute Gasteiger partial charge is 0.497 e. The molecule has 0 radical (unpaired) electrons. The Morgan fingerprint density at radius 2 is 2.06 bits per heavy atom. The van der Waals surface area contributed by atoms with Crippen LogP contribution in [0.25, 0.3) is 0 Å². The summed E-state index contributed by atoms with van der Waals surface area (Å²) in [6.45, 7) is 0. The van der Waals surface area contributed by atoms with Gasteiger partial charge in [0.2, 0.25) is 0 Å². The molecule has 1 heterocycles. The lowest BCUT2D eigenvalue weighted by atomic mass is 10.2. The number of ether oxygens (including phenoxy) is 2. The van der Waals surface area contributed by atoms with Crippen molar-refractivity contribution in [3.8, 4) is 11.5 Å². The van der Waals surface area contributed by atoms with Crippen molar-refractivity contribution in [2.45, 2.75) is 0 Å². The lowest BCUT2D eigenvalue weighted by molar-refractivity contribution is 0.402. The van der Waals surface area contributed by atoms with Gasteiger partial charge in [-0.3, -0.25) is 0 Å². The van der Waals surface area contributed by atoms with E-state index in [9.17, 15) is 4.21 Å². The Morgan fingerprint density at radius 1 is 1.25 bits per heavy atom. The molecule has 0 saturated heterocycles. The van der Waals surface area contributed by atoms with Crippen LogP contribution in [0.1, 0.15) is 5.56 Å². The van der Waals surface area contributed by atoms with Crippen molar-refractivity contribution in [1.29, 1.82) is 0 Å². The Hall–Kier alpha value is -1.62. The number of rotatable bonds is 3. The highest BCUT2D eigenvalue weighted by molar-refractivity contribution is 8.04. The number of benzene rings is 1. The van der Waals surface area contributed by atoms with Crippen molar-refractivity contribution in [1.82, 2.24) is 0 Å². The molecule has 16 heavy (non-hydrogen) atoms. The first-order valence-corrected chi connectivity index (χ1v) is 5.85. The van der Waals surface area contributed by atoms with Crippen LogP contribution in [0.5, 0.6) is 11.5 Å². The second kappa shape index (κ2) is 4.49. The molecule has 5 heteroatoms. The third-order valence-electron chi connectivity index (χ3n) is 2.20. The Morgan fingerprint density at radius 3 is 2.62 bits per heavy atom. The van der Waals surface area contributed by atoms with Crippen molar-refractivity contribution in [3.63, 3.8) is 0 Å². The van der Waals surface area contributed by atoms with Gasteiger partial charge in [-0.05, 0) is 18.2 Å². The molecular formula is C11H11NO3S. The Bertz CT molecular complexity index is 494. The van der Waals surface area contributed by atoms with Gasteiger partial charge in [0.1, 0.15) is 16.5 Å². The summed E-state index contributed by atoms with van der Waals surface area (Å²) in [4.78, 5) is 4.07. The van der Waals surface area contributed by atoms with E-state index in [1.807, 2.05) is 0 Å². The molecule has 0 aromatic heterocycles. The number of methoxy groups -OCH3 is 2. The molecule has 0 N–H and O–H groups in total. The van der Waals surface area contributed by atoms with Crippen molar-refractivity contribution in [3.05, 3.63) is 35.4 Å². The summed E-state index contributed by atoms with van der Waals surface area (Å²) in [5.74, 6) is 1.32. The summed E-state index contributed by atoms with van der Waals surface area (Å²) >= 11 is 0. The van der Waals surface area contributed by atoms with E-state index >= 15 is 0 Å². The average molecular weight is 237 g/mol. The molecule has 0 fully saturated rings. The van der Waals surface area contributed by atoms with Crippen LogP contribution in [-0.4, -0.2) is 23.5 Å². The summed E-state index contributed by atoms with van der Waals surface area (Å²) in [5.41, 5.74) is 0.699. The lowest BCUT2D eigenvalue weighted by Crippen LogP contribution is -2.06. The van der Waals surface area contributed by atoms with Gasteiger partial charge in [0.15, 0.2) is 0 Å². The van der Waals surface area contributed by atoms with Gasteiger partial charge in [-0.1, -0.05) is 0 Å². The third kappa shape index (κ3) is 1.86. The monoisotopic (exact) mass is 237 g/mol. The second-order valence-corrected chi connectivity index (χ2v) is 4.34. The Labute approximate surface area is 96.1 Å². The second-order valence-electron chi connectivity index (χ2n) is 3.08. The van der Waals surface area contributed by atoms with E-state index in [0.717, 1.165) is 0 Å². The quantitative estimate of drug-likeness (QED) is 0.803. The maximum absolute atomic E-state index is 11.6. The van der Waals surface area contributed by atoms with E-state index in [-0.39, 0.29) is 0 Å². The number of hydrogen-bond acceptors (Lipinski definition) is 4. The van der Waals surface area contributed by atoms with Crippen LogP contribution >= 0.6 is 0 Å². The molecular weight excluding hydrogens is 226 g/mol. The van der Waals surface area contributed by atoms with Gasteiger partial charge in [-0.15, -0.1) is 0 Å². The predicted octanol–water partition coefficient (Wildman–Crippen LogP) is 1.68. The van der Waals surface area contributed by atoms with Gasteiger partial charge in [-0.2, -0.15) is 0 Å². The molecule has 0 spiro atoms. The standard InChI is InChI=1S/C11H11NO3S/c1-14-8-3-4-10(15-2)9(7-8)11-12-5-6-16(11)13/h3-7H,1-2H3. The maximum Gasteiger partial charge on any atom is 0.142 e. The van der Waals surface area contributed by atoms with E-state index in [2.05, 4.69) is 4.99 Å².